The van der Waals surface area contributed by atoms with E-state index in [9.17, 15) is 4.79 Å². The molecular formula is C16H31NO. The summed E-state index contributed by atoms with van der Waals surface area (Å²) in [7, 11) is 0. The molecule has 0 bridgehead atoms. The van der Waals surface area contributed by atoms with Crippen LogP contribution in [0.15, 0.2) is 0 Å². The minimum Gasteiger partial charge on any atom is -0.353 e. The third kappa shape index (κ3) is 4.99. The Balaban J connectivity index is 0.000000771. The van der Waals surface area contributed by atoms with Crippen LogP contribution in [0.4, 0.5) is 0 Å². The van der Waals surface area contributed by atoms with Gasteiger partial charge in [0, 0.05) is 12.0 Å². The van der Waals surface area contributed by atoms with Gasteiger partial charge in [0.05, 0.1) is 0 Å². The highest BCUT2D eigenvalue weighted by Gasteiger charge is 2.25. The molecule has 2 saturated carbocycles. The normalized spacial score (nSPS) is 29.1. The lowest BCUT2D eigenvalue weighted by Gasteiger charge is -2.29. The van der Waals surface area contributed by atoms with Gasteiger partial charge in [0.1, 0.15) is 0 Å². The Kier molecular flexibility index (Phi) is 7.38. The fraction of sp³-hybridized carbons (Fsp3) is 0.938. The van der Waals surface area contributed by atoms with Crippen molar-refractivity contribution in [2.45, 2.75) is 84.6 Å². The summed E-state index contributed by atoms with van der Waals surface area (Å²) in [6.07, 6.45) is 11.0. The van der Waals surface area contributed by atoms with Gasteiger partial charge in [-0.15, -0.1) is 0 Å². The van der Waals surface area contributed by atoms with E-state index in [1.165, 1.54) is 44.9 Å². The van der Waals surface area contributed by atoms with E-state index in [4.69, 9.17) is 0 Å². The van der Waals surface area contributed by atoms with Crippen molar-refractivity contribution >= 4 is 5.91 Å². The van der Waals surface area contributed by atoms with Crippen molar-refractivity contribution in [3.05, 3.63) is 0 Å². The first kappa shape index (κ1) is 15.5. The van der Waals surface area contributed by atoms with Gasteiger partial charge in [0.25, 0.3) is 0 Å². The zero-order chi connectivity index (χ0) is 13.4. The molecule has 106 valence electrons. The fourth-order valence-corrected chi connectivity index (χ4v) is 3.09. The smallest absolute Gasteiger partial charge is 0.223 e. The van der Waals surface area contributed by atoms with Crippen LogP contribution < -0.4 is 5.32 Å². The average Bonchev–Trinajstić information content (AvgIpc) is 2.44. The maximum Gasteiger partial charge on any atom is 0.223 e. The van der Waals surface area contributed by atoms with Crippen molar-refractivity contribution in [2.75, 3.05) is 0 Å². The van der Waals surface area contributed by atoms with Crippen LogP contribution in [-0.2, 0) is 4.79 Å². The summed E-state index contributed by atoms with van der Waals surface area (Å²) in [4.78, 5) is 12.0. The Morgan fingerprint density at radius 1 is 0.889 bits per heavy atom. The van der Waals surface area contributed by atoms with Crippen molar-refractivity contribution < 1.29 is 4.79 Å². The van der Waals surface area contributed by atoms with Crippen molar-refractivity contribution in [1.29, 1.82) is 0 Å². The molecule has 18 heavy (non-hydrogen) atoms. The van der Waals surface area contributed by atoms with Crippen LogP contribution in [-0.4, -0.2) is 11.9 Å². The van der Waals surface area contributed by atoms with Gasteiger partial charge in [-0.2, -0.15) is 0 Å². The summed E-state index contributed by atoms with van der Waals surface area (Å²) >= 11 is 0. The summed E-state index contributed by atoms with van der Waals surface area (Å²) < 4.78 is 0. The summed E-state index contributed by atoms with van der Waals surface area (Å²) in [6.45, 7) is 6.32. The number of hydrogen-bond donors (Lipinski definition) is 1. The molecule has 2 aliphatic carbocycles. The first-order valence-corrected chi connectivity index (χ1v) is 8.06. The molecule has 0 atom stereocenters. The van der Waals surface area contributed by atoms with E-state index in [0.717, 1.165) is 18.8 Å². The molecule has 1 amide bonds. The number of nitrogens with one attached hydrogen (secondary N) is 1. The molecule has 0 aromatic rings. The van der Waals surface area contributed by atoms with Gasteiger partial charge >= 0.3 is 0 Å². The van der Waals surface area contributed by atoms with Crippen molar-refractivity contribution in [3.8, 4) is 0 Å². The van der Waals surface area contributed by atoms with Gasteiger partial charge in [-0.25, -0.2) is 0 Å². The molecule has 2 rings (SSSR count). The van der Waals surface area contributed by atoms with Gasteiger partial charge in [-0.1, -0.05) is 40.0 Å². The van der Waals surface area contributed by atoms with Crippen molar-refractivity contribution in [1.82, 2.24) is 5.32 Å². The van der Waals surface area contributed by atoms with E-state index in [2.05, 4.69) is 12.2 Å². The van der Waals surface area contributed by atoms with E-state index < -0.39 is 0 Å². The fourth-order valence-electron chi connectivity index (χ4n) is 3.09. The lowest BCUT2D eigenvalue weighted by atomic mass is 9.85. The first-order chi connectivity index (χ1) is 8.75. The number of rotatable bonds is 2. The highest BCUT2D eigenvalue weighted by atomic mass is 16.1. The van der Waals surface area contributed by atoms with Crippen LogP contribution in [0, 0.1) is 11.8 Å². The standard InChI is InChI=1S/C14H25NO.C2H6/c1-11-7-9-13(10-8-11)15-14(16)12-5-3-2-4-6-12;1-2/h11-13H,2-10H2,1H3,(H,15,16);1-2H3. The second-order valence-electron chi connectivity index (χ2n) is 5.80. The number of carbonyl (C=O) groups is 1. The minimum absolute atomic E-state index is 0.327. The minimum atomic E-state index is 0.327. The zero-order valence-corrected chi connectivity index (χ0v) is 12.5. The molecule has 0 aliphatic heterocycles. The molecular weight excluding hydrogens is 222 g/mol. The Labute approximate surface area is 113 Å². The third-order valence-corrected chi connectivity index (χ3v) is 4.34. The molecule has 0 aromatic carbocycles. The van der Waals surface area contributed by atoms with Crippen LogP contribution in [0.2, 0.25) is 0 Å². The van der Waals surface area contributed by atoms with Gasteiger partial charge in [0.15, 0.2) is 0 Å². The predicted octanol–water partition coefficient (Wildman–Crippen LogP) is 4.29. The molecule has 2 heteroatoms. The maximum absolute atomic E-state index is 12.0. The topological polar surface area (TPSA) is 29.1 Å². The summed E-state index contributed by atoms with van der Waals surface area (Å²) in [5.41, 5.74) is 0. The van der Waals surface area contributed by atoms with Gasteiger partial charge in [-0.05, 0) is 44.4 Å². The van der Waals surface area contributed by atoms with Crippen LogP contribution >= 0.6 is 0 Å². The molecule has 0 heterocycles. The molecule has 1 N–H and O–H groups in total. The quantitative estimate of drug-likeness (QED) is 0.781. The van der Waals surface area contributed by atoms with Crippen LogP contribution in [0.1, 0.15) is 78.6 Å². The summed E-state index contributed by atoms with van der Waals surface area (Å²) in [6, 6.07) is 0.477. The van der Waals surface area contributed by atoms with E-state index in [-0.39, 0.29) is 0 Å². The molecule has 0 aromatic heterocycles. The summed E-state index contributed by atoms with van der Waals surface area (Å²) in [5.74, 6) is 1.54. The molecule has 0 unspecified atom stereocenters. The molecule has 0 radical (unpaired) electrons. The molecule has 2 nitrogen and oxygen atoms in total. The van der Waals surface area contributed by atoms with Gasteiger partial charge in [0.2, 0.25) is 5.91 Å². The van der Waals surface area contributed by atoms with Crippen LogP contribution in [0.3, 0.4) is 0 Å². The van der Waals surface area contributed by atoms with E-state index >= 15 is 0 Å². The van der Waals surface area contributed by atoms with Crippen molar-refractivity contribution in [3.63, 3.8) is 0 Å². The SMILES string of the molecule is CC.CC1CCC(NC(=O)C2CCCCC2)CC1. The molecule has 0 spiro atoms. The molecule has 2 fully saturated rings. The Morgan fingerprint density at radius 2 is 1.44 bits per heavy atom. The largest absolute Gasteiger partial charge is 0.353 e. The molecule has 2 aliphatic rings. The maximum atomic E-state index is 12.0. The highest BCUT2D eigenvalue weighted by Crippen LogP contribution is 2.26. The monoisotopic (exact) mass is 253 g/mol. The zero-order valence-electron chi connectivity index (χ0n) is 12.5. The molecule has 0 saturated heterocycles. The predicted molar refractivity (Wildman–Crippen MR) is 77.5 cm³/mol. The van der Waals surface area contributed by atoms with Crippen LogP contribution in [0.25, 0.3) is 0 Å². The second kappa shape index (κ2) is 8.55. The number of hydrogen-bond acceptors (Lipinski definition) is 1. The Morgan fingerprint density at radius 3 is 2.00 bits per heavy atom. The lowest BCUT2D eigenvalue weighted by Crippen LogP contribution is -2.41. The van der Waals surface area contributed by atoms with Gasteiger partial charge in [-0.3, -0.25) is 4.79 Å². The highest BCUT2D eigenvalue weighted by molar-refractivity contribution is 5.79. The Bertz CT molecular complexity index is 225. The van der Waals surface area contributed by atoms with Crippen LogP contribution in [0.5, 0.6) is 0 Å². The Hall–Kier alpha value is -0.530. The second-order valence-corrected chi connectivity index (χ2v) is 5.80. The van der Waals surface area contributed by atoms with Crippen molar-refractivity contribution in [2.24, 2.45) is 11.8 Å². The summed E-state index contributed by atoms with van der Waals surface area (Å²) in [5, 5.41) is 3.27. The average molecular weight is 253 g/mol. The third-order valence-electron chi connectivity index (χ3n) is 4.34. The first-order valence-electron chi connectivity index (χ1n) is 8.06. The van der Waals surface area contributed by atoms with Gasteiger partial charge < -0.3 is 5.32 Å². The van der Waals surface area contributed by atoms with E-state index in [1.807, 2.05) is 13.8 Å². The van der Waals surface area contributed by atoms with E-state index in [1.54, 1.807) is 0 Å². The number of carbonyl (C=O) groups excluding carboxylic acids is 1. The number of amides is 1. The van der Waals surface area contributed by atoms with E-state index in [0.29, 0.717) is 17.9 Å². The lowest BCUT2D eigenvalue weighted by molar-refractivity contribution is -0.126.